The summed E-state index contributed by atoms with van der Waals surface area (Å²) in [6.45, 7) is 10.5. The molecule has 1 saturated heterocycles. The molecular formula is C23H40IN5O2. The molecule has 2 rings (SSSR count). The van der Waals surface area contributed by atoms with Crippen LogP contribution in [0.25, 0.3) is 0 Å². The molecule has 0 radical (unpaired) electrons. The number of nitrogens with one attached hydrogen (secondary N) is 2. The van der Waals surface area contributed by atoms with Gasteiger partial charge in [0.2, 0.25) is 5.91 Å². The zero-order chi connectivity index (χ0) is 22.1. The molecule has 1 amide bonds. The first kappa shape index (κ1) is 27.6. The average molecular weight is 546 g/mol. The highest BCUT2D eigenvalue weighted by Crippen LogP contribution is 2.21. The third-order valence-corrected chi connectivity index (χ3v) is 5.69. The van der Waals surface area contributed by atoms with Gasteiger partial charge in [0.15, 0.2) is 5.96 Å². The van der Waals surface area contributed by atoms with Crippen LogP contribution in [-0.2, 0) is 22.6 Å². The van der Waals surface area contributed by atoms with Crippen LogP contribution >= 0.6 is 24.0 Å². The second-order valence-electron chi connectivity index (χ2n) is 9.19. The Kier molecular flexibility index (Phi) is 11.8. The average Bonchev–Trinajstić information content (AvgIpc) is 2.70. The van der Waals surface area contributed by atoms with Crippen molar-refractivity contribution in [2.45, 2.75) is 52.8 Å². The highest BCUT2D eigenvalue weighted by molar-refractivity contribution is 14.0. The van der Waals surface area contributed by atoms with E-state index < -0.39 is 0 Å². The fraction of sp³-hybridized carbons (Fsp3) is 0.652. The van der Waals surface area contributed by atoms with E-state index in [0.717, 1.165) is 38.4 Å². The van der Waals surface area contributed by atoms with Crippen LogP contribution in [0.4, 0.5) is 0 Å². The van der Waals surface area contributed by atoms with Gasteiger partial charge >= 0.3 is 0 Å². The predicted molar refractivity (Wildman–Crippen MR) is 138 cm³/mol. The van der Waals surface area contributed by atoms with Crippen molar-refractivity contribution in [1.82, 2.24) is 15.5 Å². The highest BCUT2D eigenvalue weighted by atomic mass is 127. The minimum atomic E-state index is -0.182. The van der Waals surface area contributed by atoms with Gasteiger partial charge in [-0.25, -0.2) is 0 Å². The molecule has 7 nitrogen and oxygen atoms in total. The number of nitrogens with zero attached hydrogens (tertiary/aromatic N) is 2. The SMILES string of the molecule is CN=C(NCc1cccc(CN2CCCC(C(N)=O)C2)c1)NCC(OC)C(C)(C)C.I. The lowest BCUT2D eigenvalue weighted by atomic mass is 9.89. The standard InChI is InChI=1S/C23H39N5O2.HI/c1-23(2,3)20(30-5)14-27-22(25-4)26-13-17-8-6-9-18(12-17)15-28-11-7-10-19(16-28)21(24)29;/h6,8-9,12,19-20H,7,10-11,13-16H2,1-5H3,(H2,24,29)(H2,25,26,27);1H. The maximum Gasteiger partial charge on any atom is 0.221 e. The summed E-state index contributed by atoms with van der Waals surface area (Å²) in [5.41, 5.74) is 7.99. The van der Waals surface area contributed by atoms with Crippen molar-refractivity contribution in [3.63, 3.8) is 0 Å². The molecule has 1 aromatic carbocycles. The number of methoxy groups -OCH3 is 1. The van der Waals surface area contributed by atoms with Crippen LogP contribution in [0.5, 0.6) is 0 Å². The number of ether oxygens (including phenoxy) is 1. The fourth-order valence-electron chi connectivity index (χ4n) is 3.87. The number of primary amides is 1. The van der Waals surface area contributed by atoms with Gasteiger partial charge in [0, 0.05) is 40.3 Å². The van der Waals surface area contributed by atoms with E-state index in [2.05, 4.69) is 65.6 Å². The molecule has 176 valence electrons. The Balaban J connectivity index is 0.00000480. The summed E-state index contributed by atoms with van der Waals surface area (Å²) in [5, 5.41) is 6.73. The van der Waals surface area contributed by atoms with Gasteiger partial charge in [-0.15, -0.1) is 24.0 Å². The van der Waals surface area contributed by atoms with Crippen LogP contribution in [0, 0.1) is 11.3 Å². The number of benzene rings is 1. The largest absolute Gasteiger partial charge is 0.379 e. The lowest BCUT2D eigenvalue weighted by Crippen LogP contribution is -2.45. The van der Waals surface area contributed by atoms with Crippen molar-refractivity contribution in [2.24, 2.45) is 22.1 Å². The molecule has 1 aliphatic heterocycles. The predicted octanol–water partition coefficient (Wildman–Crippen LogP) is 2.73. The minimum Gasteiger partial charge on any atom is -0.379 e. The summed E-state index contributed by atoms with van der Waals surface area (Å²) in [5.74, 6) is 0.549. The molecule has 31 heavy (non-hydrogen) atoms. The Bertz CT molecular complexity index is 720. The number of hydrogen-bond acceptors (Lipinski definition) is 4. The van der Waals surface area contributed by atoms with Crippen LogP contribution in [-0.4, -0.2) is 56.7 Å². The minimum absolute atomic E-state index is 0. The summed E-state index contributed by atoms with van der Waals surface area (Å²) in [6.07, 6.45) is 2.02. The summed E-state index contributed by atoms with van der Waals surface area (Å²) >= 11 is 0. The summed E-state index contributed by atoms with van der Waals surface area (Å²) in [6, 6.07) is 8.54. The van der Waals surface area contributed by atoms with E-state index in [1.165, 1.54) is 11.1 Å². The van der Waals surface area contributed by atoms with Crippen molar-refractivity contribution in [3.05, 3.63) is 35.4 Å². The number of likely N-dealkylation sites (tertiary alicyclic amines) is 1. The monoisotopic (exact) mass is 545 g/mol. The number of amides is 1. The molecule has 1 aliphatic rings. The third-order valence-electron chi connectivity index (χ3n) is 5.69. The maximum absolute atomic E-state index is 11.5. The second kappa shape index (κ2) is 13.2. The van der Waals surface area contributed by atoms with Crippen molar-refractivity contribution in [3.8, 4) is 0 Å². The Morgan fingerprint density at radius 2 is 2.03 bits per heavy atom. The van der Waals surface area contributed by atoms with Crippen LogP contribution in [0.15, 0.2) is 29.3 Å². The van der Waals surface area contributed by atoms with E-state index in [0.29, 0.717) is 13.1 Å². The molecule has 1 fully saturated rings. The number of hydrogen-bond donors (Lipinski definition) is 3. The number of piperidine rings is 1. The van der Waals surface area contributed by atoms with Gasteiger partial charge in [-0.2, -0.15) is 0 Å². The number of halogens is 1. The molecule has 0 bridgehead atoms. The van der Waals surface area contributed by atoms with Crippen LogP contribution in [0.3, 0.4) is 0 Å². The molecule has 0 spiro atoms. The van der Waals surface area contributed by atoms with Crippen LogP contribution in [0.2, 0.25) is 0 Å². The lowest BCUT2D eigenvalue weighted by Gasteiger charge is -2.31. The topological polar surface area (TPSA) is 92.0 Å². The normalized spacial score (nSPS) is 18.7. The molecule has 1 heterocycles. The van der Waals surface area contributed by atoms with Crippen molar-refractivity contribution in [2.75, 3.05) is 33.8 Å². The number of rotatable bonds is 8. The second-order valence-corrected chi connectivity index (χ2v) is 9.19. The van der Waals surface area contributed by atoms with E-state index in [1.807, 2.05) is 0 Å². The Labute approximate surface area is 204 Å². The molecule has 2 unspecified atom stereocenters. The van der Waals surface area contributed by atoms with Gasteiger partial charge in [0.25, 0.3) is 0 Å². The zero-order valence-corrected chi connectivity index (χ0v) is 21.9. The molecule has 4 N–H and O–H groups in total. The summed E-state index contributed by atoms with van der Waals surface area (Å²) < 4.78 is 5.60. The van der Waals surface area contributed by atoms with E-state index >= 15 is 0 Å². The van der Waals surface area contributed by atoms with Gasteiger partial charge in [0.05, 0.1) is 12.0 Å². The Morgan fingerprint density at radius 3 is 2.65 bits per heavy atom. The summed E-state index contributed by atoms with van der Waals surface area (Å²) in [4.78, 5) is 18.2. The molecule has 8 heteroatoms. The van der Waals surface area contributed by atoms with Crippen LogP contribution in [0.1, 0.15) is 44.7 Å². The zero-order valence-electron chi connectivity index (χ0n) is 19.6. The van der Waals surface area contributed by atoms with Gasteiger partial charge < -0.3 is 21.1 Å². The molecule has 0 aromatic heterocycles. The highest BCUT2D eigenvalue weighted by Gasteiger charge is 2.25. The van der Waals surface area contributed by atoms with Gasteiger partial charge in [0.1, 0.15) is 0 Å². The van der Waals surface area contributed by atoms with Crippen molar-refractivity contribution >= 4 is 35.8 Å². The number of nitrogens with two attached hydrogens (primary N) is 1. The number of carbonyl (C=O) groups excluding carboxylic acids is 1. The third kappa shape index (κ3) is 9.33. The number of guanidine groups is 1. The van der Waals surface area contributed by atoms with E-state index in [9.17, 15) is 4.79 Å². The first-order valence-electron chi connectivity index (χ1n) is 10.8. The van der Waals surface area contributed by atoms with Crippen molar-refractivity contribution < 1.29 is 9.53 Å². The quantitative estimate of drug-likeness (QED) is 0.266. The van der Waals surface area contributed by atoms with Gasteiger partial charge in [-0.1, -0.05) is 45.0 Å². The van der Waals surface area contributed by atoms with Gasteiger partial charge in [-0.3, -0.25) is 14.7 Å². The molecule has 1 aromatic rings. The molecular weight excluding hydrogens is 505 g/mol. The Morgan fingerprint density at radius 1 is 1.32 bits per heavy atom. The van der Waals surface area contributed by atoms with Crippen molar-refractivity contribution in [1.29, 1.82) is 0 Å². The summed E-state index contributed by atoms with van der Waals surface area (Å²) in [7, 11) is 3.52. The fourth-order valence-corrected chi connectivity index (χ4v) is 3.87. The molecule has 2 atom stereocenters. The lowest BCUT2D eigenvalue weighted by molar-refractivity contribution is -0.123. The van der Waals surface area contributed by atoms with Crippen LogP contribution < -0.4 is 16.4 Å². The van der Waals surface area contributed by atoms with E-state index in [-0.39, 0.29) is 47.3 Å². The molecule has 0 saturated carbocycles. The first-order valence-corrected chi connectivity index (χ1v) is 10.8. The maximum atomic E-state index is 11.5. The smallest absolute Gasteiger partial charge is 0.221 e. The van der Waals surface area contributed by atoms with E-state index in [4.69, 9.17) is 10.5 Å². The first-order chi connectivity index (χ1) is 14.2. The molecule has 0 aliphatic carbocycles. The van der Waals surface area contributed by atoms with Gasteiger partial charge in [-0.05, 0) is 35.9 Å². The Hall–Kier alpha value is -1.39. The number of aliphatic imine (C=N–C) groups is 1. The number of carbonyl (C=O) groups is 1. The van der Waals surface area contributed by atoms with E-state index in [1.54, 1.807) is 14.2 Å².